The number of anilines is 1. The fourth-order valence-corrected chi connectivity index (χ4v) is 4.51. The molecule has 2 fully saturated rings. The number of hydrogen-bond donors (Lipinski definition) is 2. The average Bonchev–Trinajstić information content (AvgIpc) is 3.36. The monoisotopic (exact) mass is 434 g/mol. The van der Waals surface area contributed by atoms with Crippen LogP contribution in [0.5, 0.6) is 0 Å². The quantitative estimate of drug-likeness (QED) is 0.487. The summed E-state index contributed by atoms with van der Waals surface area (Å²) in [6, 6.07) is 13.2. The summed E-state index contributed by atoms with van der Waals surface area (Å²) in [4.78, 5) is 14.3. The van der Waals surface area contributed by atoms with Crippen molar-refractivity contribution in [3.05, 3.63) is 59.3 Å². The van der Waals surface area contributed by atoms with E-state index in [4.69, 9.17) is 4.99 Å². The normalized spacial score (nSPS) is 17.5. The van der Waals surface area contributed by atoms with E-state index in [9.17, 15) is 0 Å². The van der Waals surface area contributed by atoms with Crippen LogP contribution in [-0.4, -0.2) is 48.6 Å². The van der Waals surface area contributed by atoms with Gasteiger partial charge in [0.2, 0.25) is 0 Å². The van der Waals surface area contributed by atoms with Crippen LogP contribution >= 0.6 is 0 Å². The third-order valence-electron chi connectivity index (χ3n) is 6.34. The molecule has 2 N–H and O–H groups in total. The lowest BCUT2D eigenvalue weighted by atomic mass is 10.1. The number of nitrogens with zero attached hydrogens (tertiary/aromatic N) is 4. The van der Waals surface area contributed by atoms with Gasteiger partial charge in [-0.3, -0.25) is 4.90 Å². The molecule has 0 saturated carbocycles. The number of piperidine rings is 1. The van der Waals surface area contributed by atoms with E-state index in [-0.39, 0.29) is 0 Å². The van der Waals surface area contributed by atoms with Gasteiger partial charge in [-0.25, -0.2) is 9.98 Å². The van der Waals surface area contributed by atoms with E-state index in [0.29, 0.717) is 6.54 Å². The molecule has 2 saturated heterocycles. The van der Waals surface area contributed by atoms with Gasteiger partial charge >= 0.3 is 0 Å². The topological polar surface area (TPSA) is 55.8 Å². The average molecular weight is 435 g/mol. The highest BCUT2D eigenvalue weighted by Gasteiger charge is 2.13. The molecule has 1 aromatic heterocycles. The Bertz CT molecular complexity index is 851. The minimum atomic E-state index is 0.646. The summed E-state index contributed by atoms with van der Waals surface area (Å²) in [6.07, 6.45) is 8.45. The number of aliphatic imine (C=N–C) groups is 1. The number of likely N-dealkylation sites (tertiary alicyclic amines) is 1. The molecule has 6 heteroatoms. The molecule has 32 heavy (non-hydrogen) atoms. The molecule has 2 aliphatic heterocycles. The summed E-state index contributed by atoms with van der Waals surface area (Å²) in [5, 5.41) is 6.85. The maximum Gasteiger partial charge on any atom is 0.191 e. The molecule has 2 aromatic rings. The summed E-state index contributed by atoms with van der Waals surface area (Å²) in [5.74, 6) is 1.94. The molecule has 1 aromatic carbocycles. The summed E-state index contributed by atoms with van der Waals surface area (Å²) < 4.78 is 0. The molecule has 0 radical (unpaired) electrons. The van der Waals surface area contributed by atoms with Crippen molar-refractivity contribution in [3.63, 3.8) is 0 Å². The Hall–Kier alpha value is -2.60. The molecule has 0 unspecified atom stereocenters. The molecule has 172 valence electrons. The highest BCUT2D eigenvalue weighted by atomic mass is 15.2. The number of hydrogen-bond acceptors (Lipinski definition) is 4. The van der Waals surface area contributed by atoms with Crippen LogP contribution in [0.25, 0.3) is 0 Å². The van der Waals surface area contributed by atoms with Crippen LogP contribution in [0, 0.1) is 0 Å². The predicted molar refractivity (Wildman–Crippen MR) is 133 cm³/mol. The zero-order valence-corrected chi connectivity index (χ0v) is 19.5. The Balaban J connectivity index is 1.31. The standard InChI is InChI=1S/C26H38N6/c1-2-27-26(29-19-22-8-10-23(11-9-22)21-31-14-6-7-15-31)30-20-24-12-13-28-25(18-24)32-16-4-3-5-17-32/h8-13,18H,2-7,14-17,19-21H2,1H3,(H2,27,29,30). The molecule has 0 spiro atoms. The first kappa shape index (κ1) is 22.6. The van der Waals surface area contributed by atoms with E-state index in [1.165, 1.54) is 61.9 Å². The number of pyridine rings is 1. The van der Waals surface area contributed by atoms with E-state index in [0.717, 1.165) is 44.5 Å². The van der Waals surface area contributed by atoms with Crippen molar-refractivity contribution in [1.29, 1.82) is 0 Å². The van der Waals surface area contributed by atoms with E-state index < -0.39 is 0 Å². The van der Waals surface area contributed by atoms with E-state index in [1.54, 1.807) is 0 Å². The minimum Gasteiger partial charge on any atom is -0.357 e. The molecule has 0 atom stereocenters. The van der Waals surface area contributed by atoms with Crippen LogP contribution in [0.4, 0.5) is 5.82 Å². The van der Waals surface area contributed by atoms with Gasteiger partial charge < -0.3 is 15.5 Å². The first-order chi connectivity index (χ1) is 15.8. The van der Waals surface area contributed by atoms with E-state index in [1.807, 2.05) is 6.20 Å². The Kier molecular flexibility index (Phi) is 8.37. The van der Waals surface area contributed by atoms with Crippen molar-refractivity contribution in [3.8, 4) is 0 Å². The van der Waals surface area contributed by atoms with Crippen molar-refractivity contribution in [1.82, 2.24) is 20.5 Å². The molecule has 0 amide bonds. The second-order valence-corrected chi connectivity index (χ2v) is 8.92. The number of nitrogens with one attached hydrogen (secondary N) is 2. The lowest BCUT2D eigenvalue weighted by molar-refractivity contribution is 0.331. The lowest BCUT2D eigenvalue weighted by Gasteiger charge is -2.27. The highest BCUT2D eigenvalue weighted by molar-refractivity contribution is 5.79. The Labute approximate surface area is 193 Å². The molecule has 3 heterocycles. The Morgan fingerprint density at radius 2 is 1.59 bits per heavy atom. The molecule has 0 bridgehead atoms. The van der Waals surface area contributed by atoms with Gasteiger partial charge in [0.25, 0.3) is 0 Å². The van der Waals surface area contributed by atoms with Crippen molar-refractivity contribution in [2.75, 3.05) is 37.6 Å². The molecular formula is C26H38N6. The van der Waals surface area contributed by atoms with Crippen LogP contribution in [0.15, 0.2) is 47.6 Å². The largest absolute Gasteiger partial charge is 0.357 e. The van der Waals surface area contributed by atoms with Gasteiger partial charge in [0, 0.05) is 38.9 Å². The fourth-order valence-electron chi connectivity index (χ4n) is 4.51. The minimum absolute atomic E-state index is 0.646. The molecular weight excluding hydrogens is 396 g/mol. The number of rotatable bonds is 8. The van der Waals surface area contributed by atoms with Crippen molar-refractivity contribution >= 4 is 11.8 Å². The van der Waals surface area contributed by atoms with Gasteiger partial charge in [-0.2, -0.15) is 0 Å². The zero-order valence-electron chi connectivity index (χ0n) is 19.5. The van der Waals surface area contributed by atoms with E-state index in [2.05, 4.69) is 68.7 Å². The fraction of sp³-hybridized carbons (Fsp3) is 0.538. The predicted octanol–water partition coefficient (Wildman–Crippen LogP) is 3.92. The summed E-state index contributed by atoms with van der Waals surface area (Å²) in [5.41, 5.74) is 3.87. The van der Waals surface area contributed by atoms with Gasteiger partial charge in [0.1, 0.15) is 5.82 Å². The van der Waals surface area contributed by atoms with Gasteiger partial charge in [0.05, 0.1) is 6.54 Å². The maximum absolute atomic E-state index is 4.81. The van der Waals surface area contributed by atoms with Gasteiger partial charge in [-0.15, -0.1) is 0 Å². The second-order valence-electron chi connectivity index (χ2n) is 8.92. The second kappa shape index (κ2) is 11.9. The summed E-state index contributed by atoms with van der Waals surface area (Å²) >= 11 is 0. The first-order valence-electron chi connectivity index (χ1n) is 12.3. The number of benzene rings is 1. The maximum atomic E-state index is 4.81. The van der Waals surface area contributed by atoms with Crippen molar-refractivity contribution < 1.29 is 0 Å². The Morgan fingerprint density at radius 3 is 2.34 bits per heavy atom. The van der Waals surface area contributed by atoms with Crippen LogP contribution < -0.4 is 15.5 Å². The Morgan fingerprint density at radius 1 is 0.875 bits per heavy atom. The van der Waals surface area contributed by atoms with Crippen molar-refractivity contribution in [2.45, 2.75) is 58.7 Å². The first-order valence-corrected chi connectivity index (χ1v) is 12.3. The lowest BCUT2D eigenvalue weighted by Crippen LogP contribution is -2.36. The smallest absolute Gasteiger partial charge is 0.191 e. The van der Waals surface area contributed by atoms with E-state index >= 15 is 0 Å². The molecule has 4 rings (SSSR count). The zero-order chi connectivity index (χ0) is 22.0. The highest BCUT2D eigenvalue weighted by Crippen LogP contribution is 2.19. The molecule has 2 aliphatic rings. The van der Waals surface area contributed by atoms with Gasteiger partial charge in [0.15, 0.2) is 5.96 Å². The summed E-state index contributed by atoms with van der Waals surface area (Å²) in [6.45, 7) is 10.1. The van der Waals surface area contributed by atoms with Crippen LogP contribution in [-0.2, 0) is 19.6 Å². The third kappa shape index (κ3) is 6.70. The summed E-state index contributed by atoms with van der Waals surface area (Å²) in [7, 11) is 0. The van der Waals surface area contributed by atoms with Crippen LogP contribution in [0.3, 0.4) is 0 Å². The van der Waals surface area contributed by atoms with Gasteiger partial charge in [-0.05, 0) is 80.9 Å². The van der Waals surface area contributed by atoms with Crippen LogP contribution in [0.1, 0.15) is 55.7 Å². The SMILES string of the molecule is CCNC(=NCc1ccnc(N2CCCCC2)c1)NCc1ccc(CN2CCCC2)cc1. The van der Waals surface area contributed by atoms with Crippen molar-refractivity contribution in [2.24, 2.45) is 4.99 Å². The number of guanidine groups is 1. The van der Waals surface area contributed by atoms with Gasteiger partial charge in [-0.1, -0.05) is 24.3 Å². The molecule has 6 nitrogen and oxygen atoms in total. The number of aromatic nitrogens is 1. The third-order valence-corrected chi connectivity index (χ3v) is 6.34. The molecule has 0 aliphatic carbocycles. The van der Waals surface area contributed by atoms with Crippen LogP contribution in [0.2, 0.25) is 0 Å².